The highest BCUT2D eigenvalue weighted by atomic mass is 16.5. The van der Waals surface area contributed by atoms with Gasteiger partial charge >= 0.3 is 5.97 Å². The summed E-state index contributed by atoms with van der Waals surface area (Å²) in [6, 6.07) is 5.78. The quantitative estimate of drug-likeness (QED) is 0.597. The molecule has 1 N–H and O–H groups in total. The van der Waals surface area contributed by atoms with Gasteiger partial charge in [-0.25, -0.2) is 4.79 Å². The fraction of sp³-hybridized carbons (Fsp3) is 0.467. The highest BCUT2D eigenvalue weighted by Crippen LogP contribution is 2.13. The van der Waals surface area contributed by atoms with Crippen LogP contribution in [-0.2, 0) is 4.74 Å². The van der Waals surface area contributed by atoms with Crippen molar-refractivity contribution in [2.24, 2.45) is 0 Å². The van der Waals surface area contributed by atoms with Crippen molar-refractivity contribution in [3.8, 4) is 0 Å². The molecule has 5 heteroatoms. The van der Waals surface area contributed by atoms with Crippen LogP contribution in [0.2, 0.25) is 0 Å². The summed E-state index contributed by atoms with van der Waals surface area (Å²) in [7, 11) is 0. The van der Waals surface area contributed by atoms with E-state index in [-0.39, 0.29) is 17.7 Å². The smallest absolute Gasteiger partial charge is 0.338 e. The van der Waals surface area contributed by atoms with Crippen molar-refractivity contribution in [3.05, 3.63) is 35.4 Å². The van der Waals surface area contributed by atoms with Crippen molar-refractivity contribution in [2.75, 3.05) is 6.61 Å². The van der Waals surface area contributed by atoms with Gasteiger partial charge < -0.3 is 19.7 Å². The van der Waals surface area contributed by atoms with Gasteiger partial charge in [0.1, 0.15) is 0 Å². The minimum atomic E-state index is -1.40. The second-order valence-electron chi connectivity index (χ2n) is 5.24. The number of aromatic carboxylic acids is 1. The summed E-state index contributed by atoms with van der Waals surface area (Å²) in [5.41, 5.74) is -0.907. The van der Waals surface area contributed by atoms with Crippen LogP contribution in [0.1, 0.15) is 53.8 Å². The Morgan fingerprint density at radius 1 is 1.20 bits per heavy atom. The number of hydrogen-bond donors (Lipinski definition) is 1. The first-order valence-corrected chi connectivity index (χ1v) is 6.51. The predicted octanol–water partition coefficient (Wildman–Crippen LogP) is 1.15. The maximum absolute atomic E-state index is 11.8. The van der Waals surface area contributed by atoms with Gasteiger partial charge in [-0.15, -0.1) is 0 Å². The van der Waals surface area contributed by atoms with Gasteiger partial charge in [0, 0.05) is 5.56 Å². The second-order valence-corrected chi connectivity index (χ2v) is 5.24. The Hall–Kier alpha value is -1.88. The van der Waals surface area contributed by atoms with E-state index in [1.54, 1.807) is 19.9 Å². The van der Waals surface area contributed by atoms with Crippen molar-refractivity contribution in [3.63, 3.8) is 0 Å². The molecule has 0 bridgehead atoms. The molecule has 0 aliphatic carbocycles. The molecule has 110 valence electrons. The van der Waals surface area contributed by atoms with E-state index in [2.05, 4.69) is 0 Å². The van der Waals surface area contributed by atoms with Gasteiger partial charge in [0.15, 0.2) is 0 Å². The number of unbranched alkanes of at least 4 members (excludes halogenated alkanes) is 1. The third-order valence-corrected chi connectivity index (χ3v) is 2.78. The highest BCUT2D eigenvalue weighted by Gasteiger charge is 2.14. The number of aliphatic hydroxyl groups is 1. The van der Waals surface area contributed by atoms with E-state index < -0.39 is 17.5 Å². The summed E-state index contributed by atoms with van der Waals surface area (Å²) < 4.78 is 5.02. The van der Waals surface area contributed by atoms with Crippen LogP contribution in [0.4, 0.5) is 0 Å². The van der Waals surface area contributed by atoms with E-state index in [9.17, 15) is 19.8 Å². The van der Waals surface area contributed by atoms with Crippen LogP contribution in [0, 0.1) is 0 Å². The van der Waals surface area contributed by atoms with E-state index in [0.717, 1.165) is 6.42 Å². The Labute approximate surface area is 118 Å². The van der Waals surface area contributed by atoms with Gasteiger partial charge in [-0.1, -0.05) is 18.2 Å². The fourth-order valence-electron chi connectivity index (χ4n) is 1.74. The van der Waals surface area contributed by atoms with Gasteiger partial charge in [-0.2, -0.15) is 0 Å². The molecule has 0 atom stereocenters. The molecule has 0 unspecified atom stereocenters. The number of benzene rings is 1. The standard InChI is InChI=1S/C15H20O5/c1-15(2,19)9-5-6-10-20-14(18)12-8-4-3-7-11(12)13(16)17/h3-4,7-8,19H,5-6,9-10H2,1-2H3,(H,16,17)/p-1. The Bertz CT molecular complexity index is 473. The van der Waals surface area contributed by atoms with E-state index in [1.807, 2.05) is 0 Å². The van der Waals surface area contributed by atoms with Gasteiger partial charge in [0.25, 0.3) is 0 Å². The topological polar surface area (TPSA) is 86.7 Å². The molecular formula is C15H19O5-. The van der Waals surface area contributed by atoms with E-state index >= 15 is 0 Å². The maximum Gasteiger partial charge on any atom is 0.338 e. The van der Waals surface area contributed by atoms with Crippen LogP contribution in [0.5, 0.6) is 0 Å². The van der Waals surface area contributed by atoms with Crippen molar-refractivity contribution in [1.29, 1.82) is 0 Å². The summed E-state index contributed by atoms with van der Waals surface area (Å²) in [4.78, 5) is 22.6. The summed E-state index contributed by atoms with van der Waals surface area (Å²) >= 11 is 0. The lowest BCUT2D eigenvalue weighted by Crippen LogP contribution is -2.25. The number of carbonyl (C=O) groups is 2. The molecule has 5 nitrogen and oxygen atoms in total. The number of carboxylic acid groups (broad SMARTS) is 1. The lowest BCUT2D eigenvalue weighted by molar-refractivity contribution is -0.255. The molecule has 0 aliphatic heterocycles. The molecule has 0 fully saturated rings. The van der Waals surface area contributed by atoms with Crippen LogP contribution in [0.25, 0.3) is 0 Å². The van der Waals surface area contributed by atoms with Crippen molar-refractivity contribution in [1.82, 2.24) is 0 Å². The molecule has 0 spiro atoms. The first-order valence-electron chi connectivity index (χ1n) is 6.51. The fourth-order valence-corrected chi connectivity index (χ4v) is 1.74. The minimum absolute atomic E-state index is 0.00464. The second kappa shape index (κ2) is 7.05. The Morgan fingerprint density at radius 3 is 2.35 bits per heavy atom. The Morgan fingerprint density at radius 2 is 1.80 bits per heavy atom. The lowest BCUT2D eigenvalue weighted by Gasteiger charge is -2.16. The van der Waals surface area contributed by atoms with Gasteiger partial charge in [-0.3, -0.25) is 0 Å². The normalized spacial score (nSPS) is 11.2. The van der Waals surface area contributed by atoms with Crippen LogP contribution in [0.3, 0.4) is 0 Å². The van der Waals surface area contributed by atoms with Gasteiger partial charge in [-0.05, 0) is 39.2 Å². The number of carboxylic acids is 1. The van der Waals surface area contributed by atoms with Gasteiger partial charge in [0.2, 0.25) is 0 Å². The van der Waals surface area contributed by atoms with Crippen molar-refractivity contribution < 1.29 is 24.5 Å². The molecule has 0 saturated heterocycles. The molecule has 1 rings (SSSR count). The van der Waals surface area contributed by atoms with E-state index in [0.29, 0.717) is 12.8 Å². The SMILES string of the molecule is CC(C)(O)CCCCOC(=O)c1ccccc1C(=O)[O-]. The largest absolute Gasteiger partial charge is 0.545 e. The Kier molecular flexibility index (Phi) is 5.70. The summed E-state index contributed by atoms with van der Waals surface area (Å²) in [6.07, 6.45) is 1.95. The average Bonchev–Trinajstić information content (AvgIpc) is 2.36. The third-order valence-electron chi connectivity index (χ3n) is 2.78. The Balaban J connectivity index is 2.46. The highest BCUT2D eigenvalue weighted by molar-refractivity contribution is 6.01. The molecule has 0 aromatic heterocycles. The van der Waals surface area contributed by atoms with Crippen molar-refractivity contribution in [2.45, 2.75) is 38.7 Å². The summed E-state index contributed by atoms with van der Waals surface area (Å²) in [5.74, 6) is -2.08. The monoisotopic (exact) mass is 279 g/mol. The zero-order valence-electron chi connectivity index (χ0n) is 11.7. The minimum Gasteiger partial charge on any atom is -0.545 e. The number of ether oxygens (including phenoxy) is 1. The first-order chi connectivity index (χ1) is 9.31. The molecule has 0 saturated carbocycles. The number of esters is 1. The van der Waals surface area contributed by atoms with Crippen LogP contribution < -0.4 is 5.11 Å². The van der Waals surface area contributed by atoms with Crippen LogP contribution >= 0.6 is 0 Å². The molecule has 1 aromatic carbocycles. The van der Waals surface area contributed by atoms with Crippen LogP contribution in [-0.4, -0.2) is 29.3 Å². The number of carbonyl (C=O) groups excluding carboxylic acids is 2. The zero-order chi connectivity index (χ0) is 15.2. The number of hydrogen-bond acceptors (Lipinski definition) is 5. The van der Waals surface area contributed by atoms with Crippen molar-refractivity contribution >= 4 is 11.9 Å². The predicted molar refractivity (Wildman–Crippen MR) is 71.2 cm³/mol. The average molecular weight is 279 g/mol. The van der Waals surface area contributed by atoms with Crippen LogP contribution in [0.15, 0.2) is 24.3 Å². The van der Waals surface area contributed by atoms with Gasteiger partial charge in [0.05, 0.1) is 23.7 Å². The summed E-state index contributed by atoms with van der Waals surface area (Å²) in [5, 5.41) is 20.4. The molecule has 0 amide bonds. The van der Waals surface area contributed by atoms with E-state index in [1.165, 1.54) is 18.2 Å². The molecule has 0 heterocycles. The molecule has 0 radical (unpaired) electrons. The number of rotatable bonds is 7. The maximum atomic E-state index is 11.8. The zero-order valence-corrected chi connectivity index (χ0v) is 11.7. The molecule has 1 aromatic rings. The first kappa shape index (κ1) is 16.2. The lowest BCUT2D eigenvalue weighted by atomic mass is 10.0. The molecule has 20 heavy (non-hydrogen) atoms. The molecular weight excluding hydrogens is 260 g/mol. The van der Waals surface area contributed by atoms with E-state index in [4.69, 9.17) is 4.74 Å². The third kappa shape index (κ3) is 5.40. The summed E-state index contributed by atoms with van der Waals surface area (Å²) in [6.45, 7) is 3.63. The molecule has 0 aliphatic rings.